The largest absolute Gasteiger partial charge is 0.481 e. The van der Waals surface area contributed by atoms with Crippen LogP contribution in [-0.2, 0) is 20.8 Å². The lowest BCUT2D eigenvalue weighted by molar-refractivity contribution is -0.149. The predicted molar refractivity (Wildman–Crippen MR) is 76.6 cm³/mol. The average molecular weight is 350 g/mol. The van der Waals surface area contributed by atoms with Crippen LogP contribution in [0.5, 0.6) is 0 Å². The van der Waals surface area contributed by atoms with E-state index < -0.39 is 38.2 Å². The first kappa shape index (κ1) is 17.8. The third kappa shape index (κ3) is 3.52. The van der Waals surface area contributed by atoms with E-state index in [0.717, 1.165) is 18.2 Å². The maximum atomic E-state index is 12.7. The van der Waals surface area contributed by atoms with Gasteiger partial charge in [-0.1, -0.05) is 6.07 Å². The topological polar surface area (TPSA) is 71.4 Å². The summed E-state index contributed by atoms with van der Waals surface area (Å²) in [5.74, 6) is -0.979. The van der Waals surface area contributed by atoms with Gasteiger partial charge in [0.25, 0.3) is 0 Å². The molecule has 1 aromatic carbocycles. The molecule has 8 heteroatoms. The van der Waals surface area contributed by atoms with Gasteiger partial charge in [-0.2, -0.15) is 13.2 Å². The van der Waals surface area contributed by atoms with Crippen LogP contribution < -0.4 is 0 Å². The number of hydrogen-bond acceptors (Lipinski definition) is 3. The van der Waals surface area contributed by atoms with Gasteiger partial charge in [-0.3, -0.25) is 4.79 Å². The normalized spacial score (nSPS) is 26.0. The van der Waals surface area contributed by atoms with E-state index in [1.54, 1.807) is 6.92 Å². The molecule has 0 heterocycles. The van der Waals surface area contributed by atoms with Crippen LogP contribution in [-0.4, -0.2) is 24.7 Å². The number of aliphatic carboxylic acids is 1. The molecule has 0 radical (unpaired) electrons. The molecule has 0 bridgehead atoms. The van der Waals surface area contributed by atoms with E-state index in [9.17, 15) is 26.4 Å². The zero-order chi connectivity index (χ0) is 17.5. The van der Waals surface area contributed by atoms with E-state index in [0.29, 0.717) is 6.07 Å². The lowest BCUT2D eigenvalue weighted by atomic mass is 9.76. The molecule has 4 nitrogen and oxygen atoms in total. The number of hydrogen-bond donors (Lipinski definition) is 1. The summed E-state index contributed by atoms with van der Waals surface area (Å²) in [7, 11) is -3.91. The summed E-state index contributed by atoms with van der Waals surface area (Å²) < 4.78 is 63.3. The summed E-state index contributed by atoms with van der Waals surface area (Å²) in [6.07, 6.45) is -3.99. The molecule has 1 aromatic rings. The minimum Gasteiger partial charge on any atom is -0.481 e. The Labute approximate surface area is 132 Å². The van der Waals surface area contributed by atoms with Crippen molar-refractivity contribution in [1.29, 1.82) is 0 Å². The Balaban J connectivity index is 2.26. The second-order valence-electron chi connectivity index (χ2n) is 6.14. The summed E-state index contributed by atoms with van der Waals surface area (Å²) >= 11 is 0. The molecular formula is C15H17F3O4S. The maximum absolute atomic E-state index is 12.7. The van der Waals surface area contributed by atoms with Crippen LogP contribution in [0.3, 0.4) is 0 Å². The first-order valence-corrected chi connectivity index (χ1v) is 8.66. The first-order chi connectivity index (χ1) is 10.5. The van der Waals surface area contributed by atoms with E-state index in [1.807, 2.05) is 0 Å². The molecule has 1 aliphatic carbocycles. The molecular weight excluding hydrogens is 333 g/mol. The van der Waals surface area contributed by atoms with E-state index in [2.05, 4.69) is 0 Å². The smallest absolute Gasteiger partial charge is 0.416 e. The number of alkyl halides is 3. The number of benzene rings is 1. The van der Waals surface area contributed by atoms with Gasteiger partial charge in [0.2, 0.25) is 0 Å². The van der Waals surface area contributed by atoms with Crippen molar-refractivity contribution in [3.63, 3.8) is 0 Å². The molecule has 1 N–H and O–H groups in total. The minimum absolute atomic E-state index is 0.126. The van der Waals surface area contributed by atoms with Gasteiger partial charge in [-0.15, -0.1) is 0 Å². The number of carbonyl (C=O) groups is 1. The van der Waals surface area contributed by atoms with E-state index >= 15 is 0 Å². The van der Waals surface area contributed by atoms with Crippen molar-refractivity contribution in [2.75, 3.05) is 0 Å². The molecule has 128 valence electrons. The lowest BCUT2D eigenvalue weighted by Crippen LogP contribution is -2.37. The number of halogens is 3. The highest BCUT2D eigenvalue weighted by Gasteiger charge is 2.42. The third-order valence-corrected chi connectivity index (χ3v) is 6.74. The number of sulfone groups is 1. The van der Waals surface area contributed by atoms with Crippen molar-refractivity contribution in [1.82, 2.24) is 0 Å². The quantitative estimate of drug-likeness (QED) is 0.905. The van der Waals surface area contributed by atoms with Crippen molar-refractivity contribution in [2.24, 2.45) is 5.41 Å². The Morgan fingerprint density at radius 3 is 2.30 bits per heavy atom. The van der Waals surface area contributed by atoms with Crippen molar-refractivity contribution < 1.29 is 31.5 Å². The van der Waals surface area contributed by atoms with Crippen molar-refractivity contribution >= 4 is 15.8 Å². The molecule has 0 atom stereocenters. The van der Waals surface area contributed by atoms with Gasteiger partial charge < -0.3 is 5.11 Å². The SMILES string of the molecule is CC1(C(=O)O)CCC(S(=O)(=O)c2cccc(C(F)(F)F)c2)CC1. The molecule has 1 aliphatic rings. The molecule has 0 amide bonds. The Morgan fingerprint density at radius 2 is 1.83 bits per heavy atom. The van der Waals surface area contributed by atoms with Crippen LogP contribution in [0.1, 0.15) is 38.2 Å². The fourth-order valence-corrected chi connectivity index (χ4v) is 4.60. The van der Waals surface area contributed by atoms with Gasteiger partial charge in [0, 0.05) is 0 Å². The Morgan fingerprint density at radius 1 is 1.26 bits per heavy atom. The van der Waals surface area contributed by atoms with Crippen molar-refractivity contribution in [3.8, 4) is 0 Å². The highest BCUT2D eigenvalue weighted by atomic mass is 32.2. The average Bonchev–Trinajstić information content (AvgIpc) is 2.47. The number of carboxylic acid groups (broad SMARTS) is 1. The van der Waals surface area contributed by atoms with E-state index in [-0.39, 0.29) is 30.6 Å². The summed E-state index contributed by atoms with van der Waals surface area (Å²) in [5, 5.41) is 8.31. The summed E-state index contributed by atoms with van der Waals surface area (Å²) in [4.78, 5) is 10.8. The van der Waals surface area contributed by atoms with Crippen molar-refractivity contribution in [3.05, 3.63) is 29.8 Å². The Kier molecular flexibility index (Phi) is 4.49. The predicted octanol–water partition coefficient (Wildman–Crippen LogP) is 3.51. The molecule has 0 aromatic heterocycles. The fourth-order valence-electron chi connectivity index (χ4n) is 2.79. The maximum Gasteiger partial charge on any atom is 0.416 e. The van der Waals surface area contributed by atoms with Gasteiger partial charge in [-0.25, -0.2) is 8.42 Å². The Hall–Kier alpha value is -1.57. The zero-order valence-electron chi connectivity index (χ0n) is 12.4. The van der Waals surface area contributed by atoms with E-state index in [1.165, 1.54) is 0 Å². The minimum atomic E-state index is -4.61. The number of rotatable bonds is 3. The van der Waals surface area contributed by atoms with Gasteiger partial charge in [-0.05, 0) is 50.8 Å². The fraction of sp³-hybridized carbons (Fsp3) is 0.533. The highest BCUT2D eigenvalue weighted by Crippen LogP contribution is 2.40. The van der Waals surface area contributed by atoms with Crippen LogP contribution >= 0.6 is 0 Å². The Bertz CT molecular complexity index is 702. The second-order valence-corrected chi connectivity index (χ2v) is 8.36. The third-order valence-electron chi connectivity index (χ3n) is 4.48. The first-order valence-electron chi connectivity index (χ1n) is 7.11. The summed E-state index contributed by atoms with van der Waals surface area (Å²) in [5.41, 5.74) is -1.98. The molecule has 2 rings (SSSR count). The van der Waals surface area contributed by atoms with Crippen molar-refractivity contribution in [2.45, 2.75) is 48.9 Å². The molecule has 0 unspecified atom stereocenters. The summed E-state index contributed by atoms with van der Waals surface area (Å²) in [6, 6.07) is 3.68. The lowest BCUT2D eigenvalue weighted by Gasteiger charge is -2.33. The van der Waals surface area contributed by atoms with Gasteiger partial charge in [0.1, 0.15) is 0 Å². The standard InChI is InChI=1S/C15H17F3O4S/c1-14(13(19)20)7-5-11(6-8-14)23(21,22)12-4-2-3-10(9-12)15(16,17)18/h2-4,9,11H,5-8H2,1H3,(H,19,20). The molecule has 23 heavy (non-hydrogen) atoms. The summed E-state index contributed by atoms with van der Waals surface area (Å²) in [6.45, 7) is 1.56. The van der Waals surface area contributed by atoms with Crippen LogP contribution in [0.2, 0.25) is 0 Å². The molecule has 1 saturated carbocycles. The monoisotopic (exact) mass is 350 g/mol. The van der Waals surface area contributed by atoms with Crippen LogP contribution in [0.25, 0.3) is 0 Å². The molecule has 0 spiro atoms. The van der Waals surface area contributed by atoms with E-state index in [4.69, 9.17) is 5.11 Å². The molecule has 0 aliphatic heterocycles. The van der Waals surface area contributed by atoms with Gasteiger partial charge in [0.05, 0.1) is 21.1 Å². The molecule has 0 saturated heterocycles. The second kappa shape index (κ2) is 5.81. The van der Waals surface area contributed by atoms with Crippen LogP contribution in [0.4, 0.5) is 13.2 Å². The van der Waals surface area contributed by atoms with Crippen LogP contribution in [0.15, 0.2) is 29.2 Å². The van der Waals surface area contributed by atoms with Gasteiger partial charge in [0.15, 0.2) is 9.84 Å². The molecule has 1 fully saturated rings. The zero-order valence-corrected chi connectivity index (χ0v) is 13.2. The van der Waals surface area contributed by atoms with Gasteiger partial charge >= 0.3 is 12.1 Å². The number of carboxylic acids is 1. The highest BCUT2D eigenvalue weighted by molar-refractivity contribution is 7.92. The van der Waals surface area contributed by atoms with Crippen LogP contribution in [0, 0.1) is 5.41 Å².